The molecule has 2 saturated carbocycles. The Morgan fingerprint density at radius 3 is 1.79 bits per heavy atom. The Kier molecular flexibility index (Phi) is 6.89. The minimum absolute atomic E-state index is 0.124. The number of benzene rings is 6. The standard InChI is InChI=1S/C44H34ClN3/c1-46-32-21-23-35(24-22-32)48(42-18-10-17-41(43(42)45)47(33-11-4-2-5-12-33)34-13-6-3-7-14-34)36-25-26-40-38(28-36)37-15-8-9-16-39(37)44(40)29-30-19-20-31(44)27-30/h2-18,21-26,28,30-31H,19-20,27,29H2. The van der Waals surface area contributed by atoms with Crippen LogP contribution in [0, 0.1) is 18.4 Å². The van der Waals surface area contributed by atoms with E-state index >= 15 is 0 Å². The summed E-state index contributed by atoms with van der Waals surface area (Å²) in [5, 5.41) is 0.643. The van der Waals surface area contributed by atoms with Gasteiger partial charge in [0.25, 0.3) is 0 Å². The number of nitrogens with zero attached hydrogens (tertiary/aromatic N) is 3. The second-order valence-electron chi connectivity index (χ2n) is 13.4. The lowest BCUT2D eigenvalue weighted by molar-refractivity contribution is 0.327. The summed E-state index contributed by atoms with van der Waals surface area (Å²) in [7, 11) is 0. The van der Waals surface area contributed by atoms with Crippen LogP contribution in [0.3, 0.4) is 0 Å². The van der Waals surface area contributed by atoms with Gasteiger partial charge >= 0.3 is 0 Å². The molecule has 232 valence electrons. The maximum absolute atomic E-state index is 7.57. The largest absolute Gasteiger partial charge is 0.309 e. The Balaban J connectivity index is 1.23. The van der Waals surface area contributed by atoms with Crippen LogP contribution in [0.2, 0.25) is 5.02 Å². The quantitative estimate of drug-likeness (QED) is 0.168. The van der Waals surface area contributed by atoms with Crippen LogP contribution in [0.25, 0.3) is 16.0 Å². The maximum Gasteiger partial charge on any atom is 0.187 e. The fourth-order valence-corrected chi connectivity index (χ4v) is 9.36. The predicted octanol–water partition coefficient (Wildman–Crippen LogP) is 12.9. The van der Waals surface area contributed by atoms with Crippen LogP contribution >= 0.6 is 11.6 Å². The Labute approximate surface area is 287 Å². The first kappa shape index (κ1) is 28.9. The first-order valence-corrected chi connectivity index (χ1v) is 17.2. The highest BCUT2D eigenvalue weighted by atomic mass is 35.5. The topological polar surface area (TPSA) is 10.8 Å². The molecule has 4 heteroatoms. The molecule has 3 atom stereocenters. The molecule has 0 amide bonds. The number of para-hydroxylation sites is 2. The summed E-state index contributed by atoms with van der Waals surface area (Å²) in [6, 6.07) is 51.0. The molecule has 1 spiro atoms. The minimum Gasteiger partial charge on any atom is -0.309 e. The highest BCUT2D eigenvalue weighted by molar-refractivity contribution is 6.36. The lowest BCUT2D eigenvalue weighted by Gasteiger charge is -2.36. The predicted molar refractivity (Wildman–Crippen MR) is 199 cm³/mol. The molecule has 0 radical (unpaired) electrons. The van der Waals surface area contributed by atoms with Crippen molar-refractivity contribution in [1.82, 2.24) is 0 Å². The molecule has 9 rings (SSSR count). The molecule has 3 unspecified atom stereocenters. The summed E-state index contributed by atoms with van der Waals surface area (Å²) in [5.41, 5.74) is 12.3. The van der Waals surface area contributed by atoms with Gasteiger partial charge in [0.15, 0.2) is 5.69 Å². The van der Waals surface area contributed by atoms with E-state index in [0.29, 0.717) is 16.6 Å². The van der Waals surface area contributed by atoms with E-state index in [1.165, 1.54) is 47.9 Å². The number of hydrogen-bond donors (Lipinski definition) is 0. The van der Waals surface area contributed by atoms with E-state index in [-0.39, 0.29) is 5.41 Å². The van der Waals surface area contributed by atoms with E-state index in [0.717, 1.165) is 40.0 Å². The van der Waals surface area contributed by atoms with Crippen molar-refractivity contribution in [2.75, 3.05) is 9.80 Å². The molecule has 3 nitrogen and oxygen atoms in total. The van der Waals surface area contributed by atoms with Crippen LogP contribution in [0.1, 0.15) is 36.8 Å². The van der Waals surface area contributed by atoms with Crippen LogP contribution in [0.15, 0.2) is 146 Å². The minimum atomic E-state index is 0.124. The van der Waals surface area contributed by atoms with Gasteiger partial charge < -0.3 is 9.80 Å². The van der Waals surface area contributed by atoms with Crippen molar-refractivity contribution in [2.24, 2.45) is 11.8 Å². The van der Waals surface area contributed by atoms with Gasteiger partial charge in [0.05, 0.1) is 23.0 Å². The van der Waals surface area contributed by atoms with E-state index in [1.807, 2.05) is 36.4 Å². The second-order valence-corrected chi connectivity index (χ2v) is 13.8. The molecule has 0 N–H and O–H groups in total. The van der Waals surface area contributed by atoms with Gasteiger partial charge in [0.2, 0.25) is 0 Å². The Morgan fingerprint density at radius 1 is 0.583 bits per heavy atom. The molecular formula is C44H34ClN3. The van der Waals surface area contributed by atoms with Crippen molar-refractivity contribution in [1.29, 1.82) is 0 Å². The number of rotatable bonds is 6. The monoisotopic (exact) mass is 639 g/mol. The third-order valence-corrected chi connectivity index (χ3v) is 11.4. The van der Waals surface area contributed by atoms with E-state index < -0.39 is 0 Å². The van der Waals surface area contributed by atoms with Crippen molar-refractivity contribution in [3.63, 3.8) is 0 Å². The fraction of sp³-hybridized carbons (Fsp3) is 0.159. The van der Waals surface area contributed by atoms with Gasteiger partial charge in [0, 0.05) is 28.2 Å². The normalized spacial score (nSPS) is 19.9. The Hall–Kier alpha value is -5.30. The summed E-state index contributed by atoms with van der Waals surface area (Å²) in [5.74, 6) is 1.53. The molecule has 2 bridgehead atoms. The SMILES string of the molecule is [C-]#[N+]c1ccc(N(c2ccc3c(c2)-c2ccccc2C32CC3CCC2C3)c2cccc(N(c3ccccc3)c3ccccc3)c2Cl)cc1. The number of anilines is 6. The van der Waals surface area contributed by atoms with Gasteiger partial charge in [0.1, 0.15) is 0 Å². The van der Waals surface area contributed by atoms with Gasteiger partial charge in [-0.2, -0.15) is 0 Å². The second kappa shape index (κ2) is 11.4. The van der Waals surface area contributed by atoms with Crippen LogP contribution in [-0.2, 0) is 5.41 Å². The van der Waals surface area contributed by atoms with Gasteiger partial charge in [-0.25, -0.2) is 4.85 Å². The fourth-order valence-electron chi connectivity index (χ4n) is 9.06. The molecular weight excluding hydrogens is 606 g/mol. The van der Waals surface area contributed by atoms with Crippen molar-refractivity contribution in [3.05, 3.63) is 173 Å². The number of halogens is 1. The van der Waals surface area contributed by atoms with Crippen LogP contribution in [0.5, 0.6) is 0 Å². The summed E-state index contributed by atoms with van der Waals surface area (Å²) >= 11 is 7.56. The van der Waals surface area contributed by atoms with Gasteiger partial charge in [-0.05, 0) is 114 Å². The van der Waals surface area contributed by atoms with E-state index in [2.05, 4.69) is 124 Å². The molecule has 0 aromatic heterocycles. The van der Waals surface area contributed by atoms with Crippen LogP contribution < -0.4 is 9.80 Å². The van der Waals surface area contributed by atoms with Crippen LogP contribution in [-0.4, -0.2) is 0 Å². The van der Waals surface area contributed by atoms with Crippen molar-refractivity contribution >= 4 is 51.4 Å². The summed E-state index contributed by atoms with van der Waals surface area (Å²) in [4.78, 5) is 8.13. The average molecular weight is 640 g/mol. The third-order valence-electron chi connectivity index (χ3n) is 11.0. The zero-order valence-corrected chi connectivity index (χ0v) is 27.3. The Bertz CT molecular complexity index is 2150. The molecule has 6 aromatic rings. The third kappa shape index (κ3) is 4.40. The molecule has 6 aromatic carbocycles. The molecule has 0 aliphatic heterocycles. The molecule has 3 aliphatic carbocycles. The number of hydrogen-bond acceptors (Lipinski definition) is 2. The molecule has 3 aliphatic rings. The van der Waals surface area contributed by atoms with Crippen molar-refractivity contribution in [2.45, 2.75) is 31.1 Å². The highest BCUT2D eigenvalue weighted by Crippen LogP contribution is 2.66. The average Bonchev–Trinajstić information content (AvgIpc) is 3.84. The van der Waals surface area contributed by atoms with Gasteiger partial charge in [-0.3, -0.25) is 0 Å². The van der Waals surface area contributed by atoms with E-state index in [9.17, 15) is 0 Å². The molecule has 0 saturated heterocycles. The molecule has 2 fully saturated rings. The zero-order chi connectivity index (χ0) is 32.2. The lowest BCUT2D eigenvalue weighted by atomic mass is 9.67. The first-order valence-electron chi connectivity index (χ1n) is 16.9. The first-order chi connectivity index (χ1) is 23.7. The summed E-state index contributed by atoms with van der Waals surface area (Å²) in [6.07, 6.45) is 5.29. The Morgan fingerprint density at radius 2 is 1.17 bits per heavy atom. The zero-order valence-electron chi connectivity index (χ0n) is 26.6. The van der Waals surface area contributed by atoms with Gasteiger partial charge in [-0.1, -0.05) is 103 Å². The number of fused-ring (bicyclic) bond motifs is 8. The summed E-state index contributed by atoms with van der Waals surface area (Å²) in [6.45, 7) is 7.57. The summed E-state index contributed by atoms with van der Waals surface area (Å²) < 4.78 is 0. The van der Waals surface area contributed by atoms with Crippen LogP contribution in [0.4, 0.5) is 39.8 Å². The maximum atomic E-state index is 7.57. The molecule has 0 heterocycles. The highest BCUT2D eigenvalue weighted by Gasteiger charge is 2.56. The smallest absolute Gasteiger partial charge is 0.187 e. The van der Waals surface area contributed by atoms with Crippen molar-refractivity contribution < 1.29 is 0 Å². The van der Waals surface area contributed by atoms with Gasteiger partial charge in [-0.15, -0.1) is 0 Å². The van der Waals surface area contributed by atoms with Crippen molar-refractivity contribution in [3.8, 4) is 11.1 Å². The van der Waals surface area contributed by atoms with E-state index in [1.54, 1.807) is 0 Å². The molecule has 48 heavy (non-hydrogen) atoms. The van der Waals surface area contributed by atoms with E-state index in [4.69, 9.17) is 18.2 Å². The lowest BCUT2D eigenvalue weighted by Crippen LogP contribution is -2.31.